The summed E-state index contributed by atoms with van der Waals surface area (Å²) < 4.78 is 4.62. The molecule has 1 aromatic heterocycles. The number of hydrogen-bond acceptors (Lipinski definition) is 4. The Morgan fingerprint density at radius 1 is 1.09 bits per heavy atom. The lowest BCUT2D eigenvalue weighted by molar-refractivity contribution is 0.0600. The fourth-order valence-electron chi connectivity index (χ4n) is 2.14. The SMILES string of the molecule is COC(=O)c1ccc(C(=O)Nc2cccc3[nH]cnc23)cc1. The number of rotatable bonds is 3. The molecule has 0 saturated carbocycles. The number of aromatic nitrogens is 2. The average molecular weight is 295 g/mol. The Labute approximate surface area is 126 Å². The molecule has 0 radical (unpaired) electrons. The molecule has 0 atom stereocenters. The van der Waals surface area contributed by atoms with Gasteiger partial charge in [-0.05, 0) is 36.4 Å². The summed E-state index contributed by atoms with van der Waals surface area (Å²) in [5.74, 6) is -0.708. The number of nitrogens with zero attached hydrogens (tertiary/aromatic N) is 1. The summed E-state index contributed by atoms with van der Waals surface area (Å²) in [6, 6.07) is 11.7. The second-order valence-corrected chi connectivity index (χ2v) is 4.63. The van der Waals surface area contributed by atoms with Gasteiger partial charge in [-0.25, -0.2) is 9.78 Å². The Kier molecular flexibility index (Phi) is 3.57. The number of aromatic amines is 1. The maximum Gasteiger partial charge on any atom is 0.337 e. The molecular formula is C16H13N3O3. The second kappa shape index (κ2) is 5.69. The van der Waals surface area contributed by atoms with Crippen molar-refractivity contribution in [2.75, 3.05) is 12.4 Å². The molecule has 6 nitrogen and oxygen atoms in total. The number of nitrogens with one attached hydrogen (secondary N) is 2. The normalized spacial score (nSPS) is 10.4. The molecule has 0 aliphatic heterocycles. The van der Waals surface area contributed by atoms with Crippen LogP contribution in [0.25, 0.3) is 11.0 Å². The molecule has 3 aromatic rings. The first-order chi connectivity index (χ1) is 10.7. The third-order valence-electron chi connectivity index (χ3n) is 3.27. The van der Waals surface area contributed by atoms with Gasteiger partial charge in [0.25, 0.3) is 5.91 Å². The van der Waals surface area contributed by atoms with Gasteiger partial charge in [0, 0.05) is 5.56 Å². The summed E-state index contributed by atoms with van der Waals surface area (Å²) in [6.45, 7) is 0. The van der Waals surface area contributed by atoms with Crippen LogP contribution in [0.1, 0.15) is 20.7 Å². The number of carbonyl (C=O) groups is 2. The predicted octanol–water partition coefficient (Wildman–Crippen LogP) is 2.60. The molecule has 0 aliphatic rings. The average Bonchev–Trinajstić information content (AvgIpc) is 3.04. The van der Waals surface area contributed by atoms with Gasteiger partial charge in [-0.15, -0.1) is 0 Å². The van der Waals surface area contributed by atoms with Crippen LogP contribution in [-0.2, 0) is 4.74 Å². The highest BCUT2D eigenvalue weighted by Gasteiger charge is 2.11. The molecule has 0 aliphatic carbocycles. The Hall–Kier alpha value is -3.15. The summed E-state index contributed by atoms with van der Waals surface area (Å²) in [5.41, 5.74) is 3.01. The van der Waals surface area contributed by atoms with E-state index in [1.807, 2.05) is 12.1 Å². The molecule has 1 amide bonds. The number of fused-ring (bicyclic) bond motifs is 1. The van der Waals surface area contributed by atoms with E-state index in [1.165, 1.54) is 7.11 Å². The van der Waals surface area contributed by atoms with Crippen LogP contribution in [0, 0.1) is 0 Å². The minimum Gasteiger partial charge on any atom is -0.465 e. The zero-order valence-electron chi connectivity index (χ0n) is 11.8. The summed E-state index contributed by atoms with van der Waals surface area (Å²) >= 11 is 0. The van der Waals surface area contributed by atoms with Crippen LogP contribution in [0.15, 0.2) is 48.8 Å². The van der Waals surface area contributed by atoms with Gasteiger partial charge in [-0.3, -0.25) is 4.79 Å². The highest BCUT2D eigenvalue weighted by Crippen LogP contribution is 2.20. The topological polar surface area (TPSA) is 84.1 Å². The largest absolute Gasteiger partial charge is 0.465 e. The van der Waals surface area contributed by atoms with Crippen molar-refractivity contribution in [2.45, 2.75) is 0 Å². The van der Waals surface area contributed by atoms with Gasteiger partial charge in [-0.2, -0.15) is 0 Å². The zero-order chi connectivity index (χ0) is 15.5. The number of amides is 1. The highest BCUT2D eigenvalue weighted by atomic mass is 16.5. The standard InChI is InChI=1S/C16H13N3O3/c1-22-16(21)11-7-5-10(6-8-11)15(20)19-13-4-2-3-12-14(13)18-9-17-12/h2-9H,1H3,(H,17,18)(H,19,20). The molecule has 0 fully saturated rings. The zero-order valence-corrected chi connectivity index (χ0v) is 11.8. The first-order valence-electron chi connectivity index (χ1n) is 6.61. The lowest BCUT2D eigenvalue weighted by Crippen LogP contribution is -2.12. The van der Waals surface area contributed by atoms with E-state index in [0.29, 0.717) is 22.3 Å². The number of methoxy groups -OCH3 is 1. The van der Waals surface area contributed by atoms with E-state index >= 15 is 0 Å². The summed E-state index contributed by atoms with van der Waals surface area (Å²) in [5, 5.41) is 2.81. The van der Waals surface area contributed by atoms with Crippen molar-refractivity contribution in [3.8, 4) is 0 Å². The van der Waals surface area contributed by atoms with Gasteiger partial charge >= 0.3 is 5.97 Å². The number of ether oxygens (including phenoxy) is 1. The van der Waals surface area contributed by atoms with Crippen molar-refractivity contribution in [3.05, 3.63) is 59.9 Å². The molecule has 3 rings (SSSR count). The van der Waals surface area contributed by atoms with Crippen molar-refractivity contribution in [1.82, 2.24) is 9.97 Å². The van der Waals surface area contributed by atoms with E-state index in [-0.39, 0.29) is 5.91 Å². The highest BCUT2D eigenvalue weighted by molar-refractivity contribution is 6.08. The second-order valence-electron chi connectivity index (χ2n) is 4.63. The number of benzene rings is 2. The fourth-order valence-corrected chi connectivity index (χ4v) is 2.14. The van der Waals surface area contributed by atoms with Gasteiger partial charge in [0.1, 0.15) is 5.52 Å². The van der Waals surface area contributed by atoms with Crippen LogP contribution in [0.2, 0.25) is 0 Å². The molecule has 0 spiro atoms. The van der Waals surface area contributed by atoms with Crippen LogP contribution < -0.4 is 5.32 Å². The number of esters is 1. The minimum absolute atomic E-state index is 0.271. The van der Waals surface area contributed by atoms with E-state index in [9.17, 15) is 9.59 Å². The molecular weight excluding hydrogens is 282 g/mol. The molecule has 22 heavy (non-hydrogen) atoms. The Morgan fingerprint density at radius 3 is 2.55 bits per heavy atom. The van der Waals surface area contributed by atoms with E-state index in [0.717, 1.165) is 5.52 Å². The van der Waals surface area contributed by atoms with E-state index < -0.39 is 5.97 Å². The van der Waals surface area contributed by atoms with Crippen molar-refractivity contribution in [3.63, 3.8) is 0 Å². The van der Waals surface area contributed by atoms with Crippen molar-refractivity contribution in [1.29, 1.82) is 0 Å². The van der Waals surface area contributed by atoms with E-state index in [2.05, 4.69) is 20.0 Å². The molecule has 110 valence electrons. The number of hydrogen-bond donors (Lipinski definition) is 2. The molecule has 0 saturated heterocycles. The van der Waals surface area contributed by atoms with Crippen LogP contribution in [0.3, 0.4) is 0 Å². The van der Waals surface area contributed by atoms with Crippen LogP contribution >= 0.6 is 0 Å². The molecule has 0 unspecified atom stereocenters. The third-order valence-corrected chi connectivity index (χ3v) is 3.27. The lowest BCUT2D eigenvalue weighted by atomic mass is 10.1. The first-order valence-corrected chi connectivity index (χ1v) is 6.61. The maximum absolute atomic E-state index is 12.3. The number of carbonyl (C=O) groups excluding carboxylic acids is 2. The van der Waals surface area contributed by atoms with Gasteiger partial charge in [0.2, 0.25) is 0 Å². The van der Waals surface area contributed by atoms with E-state index in [1.54, 1.807) is 36.7 Å². The smallest absolute Gasteiger partial charge is 0.337 e. The molecule has 1 heterocycles. The molecule has 0 bridgehead atoms. The number of H-pyrrole nitrogens is 1. The number of anilines is 1. The number of imidazole rings is 1. The van der Waals surface area contributed by atoms with Gasteiger partial charge < -0.3 is 15.0 Å². The van der Waals surface area contributed by atoms with Crippen LogP contribution in [-0.4, -0.2) is 29.0 Å². The third kappa shape index (κ3) is 2.54. The van der Waals surface area contributed by atoms with Gasteiger partial charge in [0.05, 0.1) is 30.2 Å². The van der Waals surface area contributed by atoms with Gasteiger partial charge in [0.15, 0.2) is 0 Å². The van der Waals surface area contributed by atoms with Crippen LogP contribution in [0.5, 0.6) is 0 Å². The van der Waals surface area contributed by atoms with Gasteiger partial charge in [-0.1, -0.05) is 6.07 Å². The monoisotopic (exact) mass is 295 g/mol. The Morgan fingerprint density at radius 2 is 1.82 bits per heavy atom. The lowest BCUT2D eigenvalue weighted by Gasteiger charge is -2.06. The Bertz CT molecular complexity index is 837. The fraction of sp³-hybridized carbons (Fsp3) is 0.0625. The number of para-hydroxylation sites is 1. The first kappa shape index (κ1) is 13.8. The molecule has 6 heteroatoms. The maximum atomic E-state index is 12.3. The Balaban J connectivity index is 1.82. The van der Waals surface area contributed by atoms with Crippen molar-refractivity contribution < 1.29 is 14.3 Å². The predicted molar refractivity (Wildman–Crippen MR) is 81.8 cm³/mol. The molecule has 2 N–H and O–H groups in total. The summed E-state index contributed by atoms with van der Waals surface area (Å²) in [4.78, 5) is 30.8. The van der Waals surface area contributed by atoms with Crippen molar-refractivity contribution >= 4 is 28.6 Å². The minimum atomic E-state index is -0.437. The molecule has 2 aromatic carbocycles. The van der Waals surface area contributed by atoms with Crippen LogP contribution in [0.4, 0.5) is 5.69 Å². The van der Waals surface area contributed by atoms with E-state index in [4.69, 9.17) is 0 Å². The summed E-state index contributed by atoms with van der Waals surface area (Å²) in [6.07, 6.45) is 1.57. The van der Waals surface area contributed by atoms with Crippen molar-refractivity contribution in [2.24, 2.45) is 0 Å². The quantitative estimate of drug-likeness (QED) is 0.727. The summed E-state index contributed by atoms with van der Waals surface area (Å²) in [7, 11) is 1.31.